The van der Waals surface area contributed by atoms with Crippen molar-refractivity contribution in [2.24, 2.45) is 0 Å². The average molecular weight is 415 g/mol. The number of piperidine rings is 1. The van der Waals surface area contributed by atoms with Crippen LogP contribution in [0.25, 0.3) is 11.6 Å². The number of aryl methyl sites for hydroxylation is 1. The second kappa shape index (κ2) is 7.57. The van der Waals surface area contributed by atoms with E-state index in [0.29, 0.717) is 36.0 Å². The Morgan fingerprint density at radius 3 is 2.79 bits per heavy atom. The molecule has 8 nitrogen and oxygen atoms in total. The third-order valence-electron chi connectivity index (χ3n) is 5.01. The number of sulfonamides is 1. The molecular formula is C20H21N3O5S. The molecule has 1 atom stereocenters. The third kappa shape index (κ3) is 3.88. The van der Waals surface area contributed by atoms with Crippen LogP contribution < -0.4 is 0 Å². The van der Waals surface area contributed by atoms with Crippen LogP contribution in [0.1, 0.15) is 47.7 Å². The zero-order chi connectivity index (χ0) is 20.6. The summed E-state index contributed by atoms with van der Waals surface area (Å²) in [5.74, 6) is 1.62. The summed E-state index contributed by atoms with van der Waals surface area (Å²) in [6.07, 6.45) is 1.42. The Morgan fingerprint density at radius 1 is 1.24 bits per heavy atom. The normalized spacial score (nSPS) is 18.1. The number of hydrogen-bond acceptors (Lipinski definition) is 7. The lowest BCUT2D eigenvalue weighted by Crippen LogP contribution is -2.39. The Hall–Kier alpha value is -2.78. The number of carbonyl (C=O) groups is 1. The molecule has 0 saturated carbocycles. The van der Waals surface area contributed by atoms with Gasteiger partial charge in [-0.05, 0) is 51.0 Å². The number of carbonyl (C=O) groups excluding carboxylic acids is 1. The summed E-state index contributed by atoms with van der Waals surface area (Å²) >= 11 is 0. The number of benzene rings is 1. The SMILES string of the molecule is CC(=O)c1cccc(S(=O)(=O)N2CCC[C@@H](c3nc(-c4ccc(C)o4)no3)C2)c1. The number of furan rings is 1. The van der Waals surface area contributed by atoms with Crippen LogP contribution in [-0.4, -0.2) is 41.7 Å². The lowest BCUT2D eigenvalue weighted by molar-refractivity contribution is 0.101. The van der Waals surface area contributed by atoms with Crippen LogP contribution in [0.4, 0.5) is 0 Å². The van der Waals surface area contributed by atoms with E-state index in [2.05, 4.69) is 10.1 Å². The van der Waals surface area contributed by atoms with Crippen molar-refractivity contribution in [3.05, 3.63) is 53.6 Å². The van der Waals surface area contributed by atoms with Crippen LogP contribution in [0, 0.1) is 6.92 Å². The molecule has 0 spiro atoms. The molecule has 1 aliphatic rings. The smallest absolute Gasteiger partial charge is 0.243 e. The minimum absolute atomic E-state index is 0.114. The second-order valence-electron chi connectivity index (χ2n) is 7.15. The number of aromatic nitrogens is 2. The van der Waals surface area contributed by atoms with Crippen LogP contribution in [0.15, 0.2) is 50.2 Å². The Balaban J connectivity index is 1.56. The fourth-order valence-corrected chi connectivity index (χ4v) is 5.01. The lowest BCUT2D eigenvalue weighted by atomic mass is 10.00. The number of Topliss-reactive ketones (excluding diaryl/α,β-unsaturated/α-hetero) is 1. The molecule has 1 aromatic carbocycles. The predicted molar refractivity (Wildman–Crippen MR) is 104 cm³/mol. The van der Waals surface area contributed by atoms with E-state index in [9.17, 15) is 13.2 Å². The largest absolute Gasteiger partial charge is 0.458 e. The van der Waals surface area contributed by atoms with Gasteiger partial charge in [-0.2, -0.15) is 9.29 Å². The topological polar surface area (TPSA) is 107 Å². The van der Waals surface area contributed by atoms with Gasteiger partial charge in [-0.25, -0.2) is 8.42 Å². The van der Waals surface area contributed by atoms with Crippen LogP contribution in [0.3, 0.4) is 0 Å². The Morgan fingerprint density at radius 2 is 2.07 bits per heavy atom. The molecule has 0 bridgehead atoms. The second-order valence-corrected chi connectivity index (χ2v) is 9.09. The molecule has 2 aromatic heterocycles. The highest BCUT2D eigenvalue weighted by atomic mass is 32.2. The molecule has 29 heavy (non-hydrogen) atoms. The Bertz CT molecular complexity index is 1150. The first-order chi connectivity index (χ1) is 13.8. The summed E-state index contributed by atoms with van der Waals surface area (Å²) in [6, 6.07) is 9.71. The van der Waals surface area contributed by atoms with E-state index in [1.54, 1.807) is 18.2 Å². The molecule has 0 radical (unpaired) electrons. The number of rotatable bonds is 5. The molecule has 152 valence electrons. The van der Waals surface area contributed by atoms with E-state index in [1.165, 1.54) is 23.4 Å². The maximum atomic E-state index is 13.1. The van der Waals surface area contributed by atoms with Gasteiger partial charge in [0, 0.05) is 18.7 Å². The molecule has 4 rings (SSSR count). The third-order valence-corrected chi connectivity index (χ3v) is 6.88. The maximum absolute atomic E-state index is 13.1. The van der Waals surface area contributed by atoms with Crippen molar-refractivity contribution >= 4 is 15.8 Å². The van der Waals surface area contributed by atoms with E-state index >= 15 is 0 Å². The van der Waals surface area contributed by atoms with E-state index in [0.717, 1.165) is 12.2 Å². The standard InChI is InChI=1S/C20H21N3O5S/c1-13-8-9-18(27-13)19-21-20(28-22-19)16-6-4-10-23(12-16)29(25,26)17-7-3-5-15(11-17)14(2)24/h3,5,7-9,11,16H,4,6,10,12H2,1-2H3/t16-/m1/s1. The molecular weight excluding hydrogens is 394 g/mol. The fourth-order valence-electron chi connectivity index (χ4n) is 3.44. The minimum atomic E-state index is -3.73. The maximum Gasteiger partial charge on any atom is 0.243 e. The number of nitrogens with zero attached hydrogens (tertiary/aromatic N) is 3. The van der Waals surface area contributed by atoms with Crippen molar-refractivity contribution in [2.75, 3.05) is 13.1 Å². The van der Waals surface area contributed by atoms with Gasteiger partial charge in [0.15, 0.2) is 11.5 Å². The Labute approximate surface area is 168 Å². The van der Waals surface area contributed by atoms with Gasteiger partial charge in [0.2, 0.25) is 21.7 Å². The molecule has 3 heterocycles. The fraction of sp³-hybridized carbons (Fsp3) is 0.350. The van der Waals surface area contributed by atoms with E-state index < -0.39 is 10.0 Å². The van der Waals surface area contributed by atoms with Gasteiger partial charge in [0.1, 0.15) is 5.76 Å². The van der Waals surface area contributed by atoms with Crippen LogP contribution >= 0.6 is 0 Å². The molecule has 1 aliphatic heterocycles. The molecule has 3 aromatic rings. The van der Waals surface area contributed by atoms with Gasteiger partial charge < -0.3 is 8.94 Å². The summed E-state index contributed by atoms with van der Waals surface area (Å²) in [7, 11) is -3.73. The van der Waals surface area contributed by atoms with Gasteiger partial charge in [-0.1, -0.05) is 17.3 Å². The molecule has 0 unspecified atom stereocenters. The molecule has 9 heteroatoms. The summed E-state index contributed by atoms with van der Waals surface area (Å²) in [6.45, 7) is 3.89. The highest BCUT2D eigenvalue weighted by Gasteiger charge is 2.33. The summed E-state index contributed by atoms with van der Waals surface area (Å²) in [5, 5.41) is 3.97. The van der Waals surface area contributed by atoms with Gasteiger partial charge in [0.05, 0.1) is 10.8 Å². The van der Waals surface area contributed by atoms with Crippen molar-refractivity contribution < 1.29 is 22.2 Å². The van der Waals surface area contributed by atoms with Gasteiger partial charge in [-0.15, -0.1) is 0 Å². The number of ketones is 1. The summed E-state index contributed by atoms with van der Waals surface area (Å²) in [5.41, 5.74) is 0.370. The van der Waals surface area contributed by atoms with Crippen molar-refractivity contribution in [1.29, 1.82) is 0 Å². The van der Waals surface area contributed by atoms with Crippen LogP contribution in [0.2, 0.25) is 0 Å². The van der Waals surface area contributed by atoms with Crippen molar-refractivity contribution in [3.63, 3.8) is 0 Å². The van der Waals surface area contributed by atoms with Crippen LogP contribution in [0.5, 0.6) is 0 Å². The van der Waals surface area contributed by atoms with Gasteiger partial charge in [0.25, 0.3) is 0 Å². The first kappa shape index (κ1) is 19.5. The van der Waals surface area contributed by atoms with Crippen molar-refractivity contribution in [1.82, 2.24) is 14.4 Å². The monoisotopic (exact) mass is 415 g/mol. The van der Waals surface area contributed by atoms with Crippen molar-refractivity contribution in [2.45, 2.75) is 37.5 Å². The molecule has 0 aliphatic carbocycles. The summed E-state index contributed by atoms with van der Waals surface area (Å²) in [4.78, 5) is 16.1. The van der Waals surface area contributed by atoms with Gasteiger partial charge in [-0.3, -0.25) is 4.79 Å². The minimum Gasteiger partial charge on any atom is -0.458 e. The Kier molecular flexibility index (Phi) is 5.10. The van der Waals surface area contributed by atoms with E-state index in [4.69, 9.17) is 8.94 Å². The predicted octanol–water partition coefficient (Wildman–Crippen LogP) is 3.41. The zero-order valence-electron chi connectivity index (χ0n) is 16.2. The van der Waals surface area contributed by atoms with Gasteiger partial charge >= 0.3 is 0 Å². The van der Waals surface area contributed by atoms with E-state index in [-0.39, 0.29) is 23.1 Å². The summed E-state index contributed by atoms with van der Waals surface area (Å²) < 4.78 is 38.5. The van der Waals surface area contributed by atoms with Crippen molar-refractivity contribution in [3.8, 4) is 11.6 Å². The molecule has 1 saturated heterocycles. The average Bonchev–Trinajstić information content (AvgIpc) is 3.37. The number of hydrogen-bond donors (Lipinski definition) is 0. The zero-order valence-corrected chi connectivity index (χ0v) is 17.0. The first-order valence-electron chi connectivity index (χ1n) is 9.36. The highest BCUT2D eigenvalue weighted by molar-refractivity contribution is 7.89. The lowest BCUT2D eigenvalue weighted by Gasteiger charge is -2.30. The van der Waals surface area contributed by atoms with Crippen LogP contribution in [-0.2, 0) is 10.0 Å². The quantitative estimate of drug-likeness (QED) is 0.588. The molecule has 1 fully saturated rings. The molecule has 0 N–H and O–H groups in total. The first-order valence-corrected chi connectivity index (χ1v) is 10.8. The molecule has 0 amide bonds. The van der Waals surface area contributed by atoms with E-state index in [1.807, 2.05) is 13.0 Å². The highest BCUT2D eigenvalue weighted by Crippen LogP contribution is 2.31.